The molecule has 1 aromatic heterocycles. The van der Waals surface area contributed by atoms with Gasteiger partial charge in [0.15, 0.2) is 0 Å². The van der Waals surface area contributed by atoms with Crippen LogP contribution in [0.15, 0.2) is 35.4 Å². The van der Waals surface area contributed by atoms with Gasteiger partial charge in [0.25, 0.3) is 0 Å². The fraction of sp³-hybridized carbons (Fsp3) is 0.438. The molecule has 1 aliphatic rings. The van der Waals surface area contributed by atoms with Crippen LogP contribution in [0.25, 0.3) is 0 Å². The summed E-state index contributed by atoms with van der Waals surface area (Å²) in [5, 5.41) is 0. The SMILES string of the molecule is Cc1cnc(C)n1CC1CCN(S(=O)(=O)c2cccc(F)c2)C1. The number of aryl methyl sites for hydroxylation is 2. The van der Waals surface area contributed by atoms with E-state index in [-0.39, 0.29) is 10.8 Å². The Morgan fingerprint density at radius 1 is 1.35 bits per heavy atom. The predicted molar refractivity (Wildman–Crippen MR) is 85.0 cm³/mol. The second-order valence-electron chi connectivity index (χ2n) is 6.03. The predicted octanol–water partition coefficient (Wildman–Crippen LogP) is 2.35. The molecule has 0 N–H and O–H groups in total. The zero-order valence-corrected chi connectivity index (χ0v) is 14.1. The Bertz CT molecular complexity index is 797. The Hall–Kier alpha value is -1.73. The number of nitrogens with zero attached hydrogens (tertiary/aromatic N) is 3. The lowest BCUT2D eigenvalue weighted by molar-refractivity contribution is 0.423. The van der Waals surface area contributed by atoms with E-state index in [9.17, 15) is 12.8 Å². The van der Waals surface area contributed by atoms with E-state index in [1.165, 1.54) is 22.5 Å². The Kier molecular flexibility index (Phi) is 4.25. The van der Waals surface area contributed by atoms with Crippen LogP contribution in [-0.2, 0) is 16.6 Å². The van der Waals surface area contributed by atoms with Crippen LogP contribution in [0.1, 0.15) is 17.9 Å². The largest absolute Gasteiger partial charge is 0.332 e. The number of imidazole rings is 1. The monoisotopic (exact) mass is 337 g/mol. The average molecular weight is 337 g/mol. The van der Waals surface area contributed by atoms with Gasteiger partial charge in [-0.2, -0.15) is 4.31 Å². The number of aromatic nitrogens is 2. The summed E-state index contributed by atoms with van der Waals surface area (Å²) in [7, 11) is -3.62. The van der Waals surface area contributed by atoms with Gasteiger partial charge in [-0.25, -0.2) is 17.8 Å². The molecule has 7 heteroatoms. The molecule has 0 bridgehead atoms. The summed E-state index contributed by atoms with van der Waals surface area (Å²) in [5.74, 6) is 0.644. The van der Waals surface area contributed by atoms with Crippen LogP contribution in [0.4, 0.5) is 4.39 Å². The molecule has 1 fully saturated rings. The van der Waals surface area contributed by atoms with Crippen molar-refractivity contribution in [2.45, 2.75) is 31.7 Å². The second-order valence-corrected chi connectivity index (χ2v) is 7.97. The standard InChI is InChI=1S/C16H20FN3O2S/c1-12-9-18-13(2)20(12)11-14-6-7-19(10-14)23(21,22)16-5-3-4-15(17)8-16/h3-5,8-9,14H,6-7,10-11H2,1-2H3. The highest BCUT2D eigenvalue weighted by molar-refractivity contribution is 7.89. The van der Waals surface area contributed by atoms with Crippen molar-refractivity contribution in [3.8, 4) is 0 Å². The van der Waals surface area contributed by atoms with E-state index < -0.39 is 15.8 Å². The van der Waals surface area contributed by atoms with Crippen molar-refractivity contribution in [1.29, 1.82) is 0 Å². The van der Waals surface area contributed by atoms with Crippen molar-refractivity contribution >= 4 is 10.0 Å². The minimum atomic E-state index is -3.62. The van der Waals surface area contributed by atoms with E-state index in [4.69, 9.17) is 0 Å². The van der Waals surface area contributed by atoms with Gasteiger partial charge in [0.05, 0.1) is 4.90 Å². The van der Waals surface area contributed by atoms with Gasteiger partial charge in [-0.1, -0.05) is 6.07 Å². The van der Waals surface area contributed by atoms with Crippen LogP contribution >= 0.6 is 0 Å². The lowest BCUT2D eigenvalue weighted by atomic mass is 10.1. The first-order valence-electron chi connectivity index (χ1n) is 7.62. The molecular weight excluding hydrogens is 317 g/mol. The van der Waals surface area contributed by atoms with Crippen LogP contribution in [0, 0.1) is 25.6 Å². The Balaban J connectivity index is 1.74. The zero-order chi connectivity index (χ0) is 16.6. The Labute approximate surface area is 135 Å². The first kappa shape index (κ1) is 16.1. The highest BCUT2D eigenvalue weighted by Crippen LogP contribution is 2.26. The molecule has 23 heavy (non-hydrogen) atoms. The Morgan fingerprint density at radius 2 is 2.13 bits per heavy atom. The summed E-state index contributed by atoms with van der Waals surface area (Å²) in [5.41, 5.74) is 1.08. The summed E-state index contributed by atoms with van der Waals surface area (Å²) < 4.78 is 42.1. The third-order valence-corrected chi connectivity index (χ3v) is 6.24. The van der Waals surface area contributed by atoms with E-state index in [1.807, 2.05) is 20.0 Å². The van der Waals surface area contributed by atoms with E-state index >= 15 is 0 Å². The van der Waals surface area contributed by atoms with E-state index in [0.29, 0.717) is 13.1 Å². The molecule has 2 aromatic rings. The van der Waals surface area contributed by atoms with Gasteiger partial charge in [-0.05, 0) is 44.4 Å². The Morgan fingerprint density at radius 3 is 2.78 bits per heavy atom. The average Bonchev–Trinajstić information content (AvgIpc) is 3.10. The van der Waals surface area contributed by atoms with E-state index in [2.05, 4.69) is 9.55 Å². The summed E-state index contributed by atoms with van der Waals surface area (Å²) >= 11 is 0. The maximum Gasteiger partial charge on any atom is 0.243 e. The fourth-order valence-corrected chi connectivity index (χ4v) is 4.62. The third-order valence-electron chi connectivity index (χ3n) is 4.38. The first-order chi connectivity index (χ1) is 10.9. The molecule has 0 amide bonds. The third kappa shape index (κ3) is 3.16. The topological polar surface area (TPSA) is 55.2 Å². The number of halogens is 1. The molecule has 0 saturated carbocycles. The molecule has 1 aromatic carbocycles. The summed E-state index contributed by atoms with van der Waals surface area (Å²) in [6.45, 7) is 5.62. The summed E-state index contributed by atoms with van der Waals surface area (Å²) in [6.07, 6.45) is 2.62. The number of hydrogen-bond acceptors (Lipinski definition) is 3. The number of rotatable bonds is 4. The number of benzene rings is 1. The first-order valence-corrected chi connectivity index (χ1v) is 9.06. The highest BCUT2D eigenvalue weighted by Gasteiger charge is 2.33. The smallest absolute Gasteiger partial charge is 0.243 e. The number of hydrogen-bond donors (Lipinski definition) is 0. The van der Waals surface area contributed by atoms with Gasteiger partial charge < -0.3 is 4.57 Å². The maximum absolute atomic E-state index is 13.3. The van der Waals surface area contributed by atoms with Crippen LogP contribution in [-0.4, -0.2) is 35.4 Å². The van der Waals surface area contributed by atoms with Crippen molar-refractivity contribution in [2.24, 2.45) is 5.92 Å². The van der Waals surface area contributed by atoms with Gasteiger partial charge in [-0.3, -0.25) is 0 Å². The summed E-state index contributed by atoms with van der Waals surface area (Å²) in [4.78, 5) is 4.29. The molecule has 3 rings (SSSR count). The zero-order valence-electron chi connectivity index (χ0n) is 13.2. The van der Waals surface area contributed by atoms with E-state index in [0.717, 1.165) is 30.6 Å². The molecule has 1 unspecified atom stereocenters. The minimum Gasteiger partial charge on any atom is -0.332 e. The van der Waals surface area contributed by atoms with Crippen LogP contribution in [0.2, 0.25) is 0 Å². The van der Waals surface area contributed by atoms with Gasteiger partial charge in [-0.15, -0.1) is 0 Å². The highest BCUT2D eigenvalue weighted by atomic mass is 32.2. The van der Waals surface area contributed by atoms with Crippen molar-refractivity contribution in [1.82, 2.24) is 13.9 Å². The van der Waals surface area contributed by atoms with Gasteiger partial charge in [0.1, 0.15) is 11.6 Å². The molecule has 0 spiro atoms. The summed E-state index contributed by atoms with van der Waals surface area (Å²) in [6, 6.07) is 5.19. The van der Waals surface area contributed by atoms with Gasteiger partial charge >= 0.3 is 0 Å². The van der Waals surface area contributed by atoms with Gasteiger partial charge in [0.2, 0.25) is 10.0 Å². The maximum atomic E-state index is 13.3. The lowest BCUT2D eigenvalue weighted by Gasteiger charge is -2.17. The van der Waals surface area contributed by atoms with Crippen LogP contribution in [0.3, 0.4) is 0 Å². The molecule has 1 aliphatic heterocycles. The molecule has 0 aliphatic carbocycles. The van der Waals surface area contributed by atoms with Crippen molar-refractivity contribution in [3.63, 3.8) is 0 Å². The lowest BCUT2D eigenvalue weighted by Crippen LogP contribution is -2.29. The molecule has 2 heterocycles. The molecule has 1 atom stereocenters. The van der Waals surface area contributed by atoms with Crippen LogP contribution < -0.4 is 0 Å². The molecule has 124 valence electrons. The quantitative estimate of drug-likeness (QED) is 0.860. The fourth-order valence-electron chi connectivity index (χ4n) is 3.06. The van der Waals surface area contributed by atoms with E-state index in [1.54, 1.807) is 0 Å². The van der Waals surface area contributed by atoms with Crippen molar-refractivity contribution in [2.75, 3.05) is 13.1 Å². The minimum absolute atomic E-state index is 0.0214. The number of sulfonamides is 1. The molecular formula is C16H20FN3O2S. The van der Waals surface area contributed by atoms with Gasteiger partial charge in [0, 0.05) is 31.5 Å². The molecule has 0 radical (unpaired) electrons. The molecule has 5 nitrogen and oxygen atoms in total. The van der Waals surface area contributed by atoms with Crippen LogP contribution in [0.5, 0.6) is 0 Å². The normalized spacial score (nSPS) is 19.3. The second kappa shape index (κ2) is 6.05. The van der Waals surface area contributed by atoms with Crippen molar-refractivity contribution < 1.29 is 12.8 Å². The molecule has 1 saturated heterocycles. The van der Waals surface area contributed by atoms with Crippen molar-refractivity contribution in [3.05, 3.63) is 47.8 Å².